The quantitative estimate of drug-likeness (QED) is 0.847. The van der Waals surface area contributed by atoms with Gasteiger partial charge in [0.15, 0.2) is 5.16 Å². The average molecular weight is 267 g/mol. The number of piperidine rings is 1. The SMILES string of the molecule is CC1(C)CCCC(C)(C)N1CCSc1ncc[nH]1. The second-order valence-electron chi connectivity index (χ2n) is 6.37. The first kappa shape index (κ1) is 13.9. The summed E-state index contributed by atoms with van der Waals surface area (Å²) in [5.41, 5.74) is 0.650. The van der Waals surface area contributed by atoms with E-state index in [0.717, 1.165) is 17.5 Å². The minimum Gasteiger partial charge on any atom is -0.340 e. The van der Waals surface area contributed by atoms with Gasteiger partial charge in [0.05, 0.1) is 0 Å². The van der Waals surface area contributed by atoms with E-state index < -0.39 is 0 Å². The Labute approximate surface area is 115 Å². The molecule has 0 aliphatic carbocycles. The first-order valence-corrected chi connectivity index (χ1v) is 7.80. The molecule has 4 heteroatoms. The van der Waals surface area contributed by atoms with Gasteiger partial charge in [-0.25, -0.2) is 4.98 Å². The van der Waals surface area contributed by atoms with Crippen molar-refractivity contribution in [3.8, 4) is 0 Å². The zero-order chi connectivity index (χ0) is 13.2. The van der Waals surface area contributed by atoms with Crippen molar-refractivity contribution in [3.63, 3.8) is 0 Å². The standard InChI is InChI=1S/C14H25N3S/c1-13(2)6-5-7-14(3,4)17(13)10-11-18-12-15-8-9-16-12/h8-9H,5-7,10-11H2,1-4H3,(H,15,16). The van der Waals surface area contributed by atoms with Crippen molar-refractivity contribution in [2.45, 2.75) is 63.2 Å². The highest BCUT2D eigenvalue weighted by Gasteiger charge is 2.40. The van der Waals surface area contributed by atoms with Crippen molar-refractivity contribution >= 4 is 11.8 Å². The molecule has 0 amide bonds. The molecule has 2 rings (SSSR count). The molecule has 1 aliphatic heterocycles. The molecule has 0 radical (unpaired) electrons. The van der Waals surface area contributed by atoms with Gasteiger partial charge >= 0.3 is 0 Å². The molecule has 0 atom stereocenters. The molecule has 3 nitrogen and oxygen atoms in total. The van der Waals surface area contributed by atoms with E-state index in [9.17, 15) is 0 Å². The zero-order valence-electron chi connectivity index (χ0n) is 12.0. The van der Waals surface area contributed by atoms with Gasteiger partial charge in [-0.2, -0.15) is 0 Å². The first-order valence-electron chi connectivity index (χ1n) is 6.82. The lowest BCUT2D eigenvalue weighted by molar-refractivity contribution is -0.0209. The Balaban J connectivity index is 1.92. The lowest BCUT2D eigenvalue weighted by Crippen LogP contribution is -2.59. The normalized spacial score (nSPS) is 23.1. The summed E-state index contributed by atoms with van der Waals surface area (Å²) < 4.78 is 0. The van der Waals surface area contributed by atoms with E-state index in [1.807, 2.05) is 24.2 Å². The first-order chi connectivity index (χ1) is 8.42. The monoisotopic (exact) mass is 267 g/mol. The largest absolute Gasteiger partial charge is 0.340 e. The van der Waals surface area contributed by atoms with Crippen LogP contribution in [0.25, 0.3) is 0 Å². The van der Waals surface area contributed by atoms with Gasteiger partial charge in [0, 0.05) is 35.8 Å². The van der Waals surface area contributed by atoms with Crippen molar-refractivity contribution in [2.24, 2.45) is 0 Å². The Morgan fingerprint density at radius 2 is 1.94 bits per heavy atom. The molecule has 0 spiro atoms. The average Bonchev–Trinajstić information content (AvgIpc) is 2.74. The molecule has 102 valence electrons. The third kappa shape index (κ3) is 3.09. The topological polar surface area (TPSA) is 31.9 Å². The van der Waals surface area contributed by atoms with Crippen LogP contribution in [0.15, 0.2) is 17.6 Å². The van der Waals surface area contributed by atoms with Crippen molar-refractivity contribution in [1.82, 2.24) is 14.9 Å². The molecule has 0 saturated carbocycles. The number of thioether (sulfide) groups is 1. The van der Waals surface area contributed by atoms with Crippen LogP contribution in [-0.4, -0.2) is 38.2 Å². The number of nitrogens with zero attached hydrogens (tertiary/aromatic N) is 2. The summed E-state index contributed by atoms with van der Waals surface area (Å²) in [7, 11) is 0. The van der Waals surface area contributed by atoms with Crippen molar-refractivity contribution in [2.75, 3.05) is 12.3 Å². The lowest BCUT2D eigenvalue weighted by atomic mass is 9.80. The van der Waals surface area contributed by atoms with Gasteiger partial charge in [0.1, 0.15) is 0 Å². The summed E-state index contributed by atoms with van der Waals surface area (Å²) in [6.45, 7) is 10.7. The number of aromatic nitrogens is 2. The molecule has 2 heterocycles. The number of rotatable bonds is 4. The van der Waals surface area contributed by atoms with Crippen LogP contribution in [0.1, 0.15) is 47.0 Å². The fourth-order valence-electron chi connectivity index (χ4n) is 3.21. The highest BCUT2D eigenvalue weighted by Crippen LogP contribution is 2.38. The van der Waals surface area contributed by atoms with Crippen LogP contribution in [0.4, 0.5) is 0 Å². The lowest BCUT2D eigenvalue weighted by Gasteiger charge is -2.53. The van der Waals surface area contributed by atoms with Gasteiger partial charge in [-0.3, -0.25) is 4.90 Å². The highest BCUT2D eigenvalue weighted by atomic mass is 32.2. The molecule has 0 unspecified atom stereocenters. The predicted octanol–water partition coefficient (Wildman–Crippen LogP) is 3.54. The third-order valence-electron chi connectivity index (χ3n) is 4.07. The molecule has 0 bridgehead atoms. The van der Waals surface area contributed by atoms with Crippen LogP contribution in [-0.2, 0) is 0 Å². The van der Waals surface area contributed by atoms with Crippen molar-refractivity contribution < 1.29 is 0 Å². The number of hydrogen-bond donors (Lipinski definition) is 1. The maximum absolute atomic E-state index is 4.26. The molecule has 1 fully saturated rings. The van der Waals surface area contributed by atoms with E-state index in [2.05, 4.69) is 42.6 Å². The second kappa shape index (κ2) is 5.25. The van der Waals surface area contributed by atoms with Gasteiger partial charge < -0.3 is 4.98 Å². The molecule has 1 N–H and O–H groups in total. The van der Waals surface area contributed by atoms with Crippen LogP contribution >= 0.6 is 11.8 Å². The highest BCUT2D eigenvalue weighted by molar-refractivity contribution is 7.99. The van der Waals surface area contributed by atoms with Gasteiger partial charge in [-0.05, 0) is 47.0 Å². The molecule has 1 aromatic heterocycles. The Kier molecular flexibility index (Phi) is 4.07. The van der Waals surface area contributed by atoms with Gasteiger partial charge in [0.25, 0.3) is 0 Å². The molecule has 18 heavy (non-hydrogen) atoms. The van der Waals surface area contributed by atoms with Crippen LogP contribution < -0.4 is 0 Å². The summed E-state index contributed by atoms with van der Waals surface area (Å²) in [6, 6.07) is 0. The molecule has 1 saturated heterocycles. The molecule has 1 aliphatic rings. The number of aromatic amines is 1. The minimum absolute atomic E-state index is 0.325. The number of likely N-dealkylation sites (tertiary alicyclic amines) is 1. The number of H-pyrrole nitrogens is 1. The molecule has 0 aromatic carbocycles. The van der Waals surface area contributed by atoms with E-state index in [-0.39, 0.29) is 0 Å². The van der Waals surface area contributed by atoms with Gasteiger partial charge in [-0.15, -0.1) is 0 Å². The zero-order valence-corrected chi connectivity index (χ0v) is 12.8. The van der Waals surface area contributed by atoms with Gasteiger partial charge in [0.2, 0.25) is 0 Å². The number of hydrogen-bond acceptors (Lipinski definition) is 3. The summed E-state index contributed by atoms with van der Waals surface area (Å²) in [4.78, 5) is 10.1. The van der Waals surface area contributed by atoms with E-state index >= 15 is 0 Å². The number of imidazole rings is 1. The van der Waals surface area contributed by atoms with E-state index in [4.69, 9.17) is 0 Å². The Hall–Kier alpha value is -0.480. The van der Waals surface area contributed by atoms with Crippen LogP contribution in [0.2, 0.25) is 0 Å². The fraction of sp³-hybridized carbons (Fsp3) is 0.786. The van der Waals surface area contributed by atoms with Crippen molar-refractivity contribution in [1.29, 1.82) is 0 Å². The maximum Gasteiger partial charge on any atom is 0.165 e. The summed E-state index contributed by atoms with van der Waals surface area (Å²) >= 11 is 1.81. The van der Waals surface area contributed by atoms with Crippen molar-refractivity contribution in [3.05, 3.63) is 12.4 Å². The summed E-state index contributed by atoms with van der Waals surface area (Å²) in [5, 5.41) is 1.03. The van der Waals surface area contributed by atoms with E-state index in [1.54, 1.807) is 0 Å². The Morgan fingerprint density at radius 3 is 2.50 bits per heavy atom. The van der Waals surface area contributed by atoms with Crippen LogP contribution in [0.5, 0.6) is 0 Å². The summed E-state index contributed by atoms with van der Waals surface area (Å²) in [6.07, 6.45) is 7.67. The third-order valence-corrected chi connectivity index (χ3v) is 4.95. The smallest absolute Gasteiger partial charge is 0.165 e. The summed E-state index contributed by atoms with van der Waals surface area (Å²) in [5.74, 6) is 1.10. The minimum atomic E-state index is 0.325. The Morgan fingerprint density at radius 1 is 1.28 bits per heavy atom. The molecular formula is C14H25N3S. The molecular weight excluding hydrogens is 242 g/mol. The van der Waals surface area contributed by atoms with Gasteiger partial charge in [-0.1, -0.05) is 11.8 Å². The number of nitrogens with one attached hydrogen (secondary N) is 1. The second-order valence-corrected chi connectivity index (χ2v) is 7.46. The fourth-order valence-corrected chi connectivity index (χ4v) is 3.97. The maximum atomic E-state index is 4.26. The van der Waals surface area contributed by atoms with E-state index in [1.165, 1.54) is 19.3 Å². The van der Waals surface area contributed by atoms with Crippen LogP contribution in [0.3, 0.4) is 0 Å². The predicted molar refractivity (Wildman–Crippen MR) is 78.0 cm³/mol. The Bertz CT molecular complexity index is 354. The molecule has 1 aromatic rings. The van der Waals surface area contributed by atoms with E-state index in [0.29, 0.717) is 11.1 Å². The van der Waals surface area contributed by atoms with Crippen LogP contribution in [0, 0.1) is 0 Å².